The molecule has 0 unspecified atom stereocenters. The van der Waals surface area contributed by atoms with Crippen LogP contribution in [-0.2, 0) is 12.9 Å². The molecule has 3 nitrogen and oxygen atoms in total. The van der Waals surface area contributed by atoms with Crippen LogP contribution in [0.2, 0.25) is 5.02 Å². The molecule has 0 aliphatic carbocycles. The summed E-state index contributed by atoms with van der Waals surface area (Å²) in [7, 11) is 1.82. The fourth-order valence-corrected chi connectivity index (χ4v) is 2.09. The fourth-order valence-electron chi connectivity index (χ4n) is 1.60. The number of halogens is 2. The molecule has 1 aromatic heterocycles. The third-order valence-electron chi connectivity index (χ3n) is 2.43. The summed E-state index contributed by atoms with van der Waals surface area (Å²) in [6.45, 7) is 1.91. The van der Waals surface area contributed by atoms with Crippen LogP contribution in [0, 0.1) is 6.92 Å². The molecule has 0 aliphatic rings. The predicted molar refractivity (Wildman–Crippen MR) is 69.0 cm³/mol. The predicted octanol–water partition coefficient (Wildman–Crippen LogP) is 3.91. The standard InChI is InChI=1S/C12H12Cl2N2O/c1-8-11(7-13)12(16(2)15-8)17-10-5-3-4-9(14)6-10/h3-6H,7H2,1-2H3. The highest BCUT2D eigenvalue weighted by molar-refractivity contribution is 6.30. The number of alkyl halides is 1. The second-order valence-corrected chi connectivity index (χ2v) is 4.39. The molecular weight excluding hydrogens is 259 g/mol. The second-order valence-electron chi connectivity index (χ2n) is 3.69. The Morgan fingerprint density at radius 3 is 2.82 bits per heavy atom. The van der Waals surface area contributed by atoms with Crippen LogP contribution in [0.5, 0.6) is 11.6 Å². The molecule has 2 rings (SSSR count). The third kappa shape index (κ3) is 2.56. The van der Waals surface area contributed by atoms with Crippen LogP contribution in [0.4, 0.5) is 0 Å². The molecule has 0 spiro atoms. The minimum absolute atomic E-state index is 0.371. The van der Waals surface area contributed by atoms with Crippen molar-refractivity contribution >= 4 is 23.2 Å². The van der Waals surface area contributed by atoms with Gasteiger partial charge in [-0.1, -0.05) is 17.7 Å². The lowest BCUT2D eigenvalue weighted by Crippen LogP contribution is -1.96. The van der Waals surface area contributed by atoms with Crippen molar-refractivity contribution in [2.24, 2.45) is 7.05 Å². The Morgan fingerprint density at radius 2 is 2.18 bits per heavy atom. The maximum absolute atomic E-state index is 5.90. The molecular formula is C12H12Cl2N2O. The van der Waals surface area contributed by atoms with Crippen LogP contribution in [-0.4, -0.2) is 9.78 Å². The number of benzene rings is 1. The zero-order valence-electron chi connectivity index (χ0n) is 9.58. The van der Waals surface area contributed by atoms with Gasteiger partial charge < -0.3 is 4.74 Å². The average Bonchev–Trinajstić information content (AvgIpc) is 2.53. The summed E-state index contributed by atoms with van der Waals surface area (Å²) in [5.74, 6) is 1.70. The summed E-state index contributed by atoms with van der Waals surface area (Å²) in [5, 5.41) is 4.91. The minimum atomic E-state index is 0.371. The molecule has 0 saturated heterocycles. The van der Waals surface area contributed by atoms with Crippen molar-refractivity contribution in [1.29, 1.82) is 0 Å². The molecule has 0 amide bonds. The summed E-state index contributed by atoms with van der Waals surface area (Å²) in [6, 6.07) is 7.22. The largest absolute Gasteiger partial charge is 0.439 e. The number of aryl methyl sites for hydroxylation is 2. The summed E-state index contributed by atoms with van der Waals surface area (Å²) >= 11 is 11.8. The van der Waals surface area contributed by atoms with Crippen molar-refractivity contribution in [2.75, 3.05) is 0 Å². The van der Waals surface area contributed by atoms with E-state index in [9.17, 15) is 0 Å². The molecule has 2 aromatic rings. The molecule has 0 atom stereocenters. The van der Waals surface area contributed by atoms with Gasteiger partial charge in [0.15, 0.2) is 0 Å². The van der Waals surface area contributed by atoms with Crippen molar-refractivity contribution in [2.45, 2.75) is 12.8 Å². The van der Waals surface area contributed by atoms with Gasteiger partial charge in [-0.05, 0) is 25.1 Å². The van der Waals surface area contributed by atoms with E-state index in [-0.39, 0.29) is 0 Å². The molecule has 0 bridgehead atoms. The van der Waals surface area contributed by atoms with Crippen molar-refractivity contribution in [1.82, 2.24) is 9.78 Å². The lowest BCUT2D eigenvalue weighted by Gasteiger charge is -2.07. The van der Waals surface area contributed by atoms with Crippen molar-refractivity contribution < 1.29 is 4.74 Å². The van der Waals surface area contributed by atoms with Gasteiger partial charge in [0.05, 0.1) is 17.1 Å². The Labute approximate surface area is 110 Å². The highest BCUT2D eigenvalue weighted by atomic mass is 35.5. The number of hydrogen-bond acceptors (Lipinski definition) is 2. The first-order chi connectivity index (χ1) is 8.11. The van der Waals surface area contributed by atoms with E-state index in [0.29, 0.717) is 22.5 Å². The Hall–Kier alpha value is -1.19. The van der Waals surface area contributed by atoms with Crippen LogP contribution in [0.1, 0.15) is 11.3 Å². The van der Waals surface area contributed by atoms with E-state index >= 15 is 0 Å². The van der Waals surface area contributed by atoms with Crippen LogP contribution >= 0.6 is 23.2 Å². The molecule has 0 radical (unpaired) electrons. The van der Waals surface area contributed by atoms with Gasteiger partial charge in [0.2, 0.25) is 5.88 Å². The number of nitrogens with zero attached hydrogens (tertiary/aromatic N) is 2. The van der Waals surface area contributed by atoms with E-state index in [1.165, 1.54) is 0 Å². The Morgan fingerprint density at radius 1 is 1.41 bits per heavy atom. The average molecular weight is 271 g/mol. The molecule has 0 fully saturated rings. The van der Waals surface area contributed by atoms with Crippen LogP contribution in [0.25, 0.3) is 0 Å². The first-order valence-corrected chi connectivity index (χ1v) is 6.05. The molecule has 0 N–H and O–H groups in total. The second kappa shape index (κ2) is 4.98. The number of ether oxygens (including phenoxy) is 1. The van der Waals surface area contributed by atoms with E-state index in [1.54, 1.807) is 16.8 Å². The van der Waals surface area contributed by atoms with Gasteiger partial charge in [0.1, 0.15) is 5.75 Å². The lowest BCUT2D eigenvalue weighted by atomic mass is 10.3. The Kier molecular flexibility index (Phi) is 3.60. The SMILES string of the molecule is Cc1nn(C)c(Oc2cccc(Cl)c2)c1CCl. The summed E-state index contributed by atoms with van der Waals surface area (Å²) < 4.78 is 7.44. The molecule has 0 saturated carbocycles. The summed E-state index contributed by atoms with van der Waals surface area (Å²) in [4.78, 5) is 0. The molecule has 0 aliphatic heterocycles. The van der Waals surface area contributed by atoms with E-state index in [1.807, 2.05) is 26.1 Å². The topological polar surface area (TPSA) is 27.1 Å². The summed E-state index contributed by atoms with van der Waals surface area (Å²) in [5.41, 5.74) is 1.77. The molecule has 5 heteroatoms. The van der Waals surface area contributed by atoms with Crippen LogP contribution in [0.15, 0.2) is 24.3 Å². The van der Waals surface area contributed by atoms with Gasteiger partial charge in [-0.2, -0.15) is 5.10 Å². The smallest absolute Gasteiger partial charge is 0.222 e. The number of hydrogen-bond donors (Lipinski definition) is 0. The van der Waals surface area contributed by atoms with Crippen molar-refractivity contribution in [3.05, 3.63) is 40.5 Å². The van der Waals surface area contributed by atoms with Gasteiger partial charge >= 0.3 is 0 Å². The van der Waals surface area contributed by atoms with E-state index in [2.05, 4.69) is 5.10 Å². The number of aromatic nitrogens is 2. The first kappa shape index (κ1) is 12.3. The maximum Gasteiger partial charge on any atom is 0.222 e. The highest BCUT2D eigenvalue weighted by Gasteiger charge is 2.14. The normalized spacial score (nSPS) is 10.6. The lowest BCUT2D eigenvalue weighted by molar-refractivity contribution is 0.427. The molecule has 1 aromatic carbocycles. The summed E-state index contributed by atoms with van der Waals surface area (Å²) in [6.07, 6.45) is 0. The third-order valence-corrected chi connectivity index (χ3v) is 2.94. The Bertz CT molecular complexity index is 537. The first-order valence-electron chi connectivity index (χ1n) is 5.13. The van der Waals surface area contributed by atoms with Crippen LogP contribution in [0.3, 0.4) is 0 Å². The van der Waals surface area contributed by atoms with Gasteiger partial charge in [-0.25, -0.2) is 4.68 Å². The zero-order chi connectivity index (χ0) is 12.4. The highest BCUT2D eigenvalue weighted by Crippen LogP contribution is 2.29. The zero-order valence-corrected chi connectivity index (χ0v) is 11.1. The van der Waals surface area contributed by atoms with E-state index < -0.39 is 0 Å². The quantitative estimate of drug-likeness (QED) is 0.791. The van der Waals surface area contributed by atoms with Gasteiger partial charge in [-0.3, -0.25) is 0 Å². The minimum Gasteiger partial charge on any atom is -0.439 e. The van der Waals surface area contributed by atoms with Gasteiger partial charge in [0, 0.05) is 12.1 Å². The van der Waals surface area contributed by atoms with Crippen molar-refractivity contribution in [3.8, 4) is 11.6 Å². The van der Waals surface area contributed by atoms with Gasteiger partial charge in [-0.15, -0.1) is 11.6 Å². The monoisotopic (exact) mass is 270 g/mol. The van der Waals surface area contributed by atoms with E-state index in [0.717, 1.165) is 11.3 Å². The number of rotatable bonds is 3. The maximum atomic E-state index is 5.90. The fraction of sp³-hybridized carbons (Fsp3) is 0.250. The van der Waals surface area contributed by atoms with Crippen molar-refractivity contribution in [3.63, 3.8) is 0 Å². The Balaban J connectivity index is 2.36. The molecule has 90 valence electrons. The van der Waals surface area contributed by atoms with E-state index in [4.69, 9.17) is 27.9 Å². The van der Waals surface area contributed by atoms with Crippen LogP contribution < -0.4 is 4.74 Å². The van der Waals surface area contributed by atoms with Gasteiger partial charge in [0.25, 0.3) is 0 Å². The molecule has 1 heterocycles. The molecule has 17 heavy (non-hydrogen) atoms.